The Morgan fingerprint density at radius 2 is 1.27 bits per heavy atom. The van der Waals surface area contributed by atoms with Gasteiger partial charge >= 0.3 is 5.97 Å². The number of carboxylic acid groups (broad SMARTS) is 1. The smallest absolute Gasteiger partial charge is 0.305 e. The third-order valence-corrected chi connectivity index (χ3v) is 6.56. The third kappa shape index (κ3) is 16.5. The van der Waals surface area contributed by atoms with Crippen molar-refractivity contribution in [2.24, 2.45) is 0 Å². The number of hydrogen-bond acceptors (Lipinski definition) is 6. The molecule has 1 heterocycles. The first-order chi connectivity index (χ1) is 15.9. The highest BCUT2D eigenvalue weighted by molar-refractivity contribution is 5.67. The first-order valence-corrected chi connectivity index (χ1v) is 13.4. The van der Waals surface area contributed by atoms with Gasteiger partial charge in [-0.15, -0.1) is 0 Å². The Kier molecular flexibility index (Phi) is 18.0. The Labute approximate surface area is 200 Å². The van der Waals surface area contributed by atoms with E-state index in [4.69, 9.17) is 14.6 Å². The molecule has 0 bridgehead atoms. The van der Waals surface area contributed by atoms with Gasteiger partial charge in [-0.3, -0.25) is 4.79 Å². The fourth-order valence-electron chi connectivity index (χ4n) is 4.38. The second kappa shape index (κ2) is 19.6. The number of carboxylic acids is 1. The molecule has 1 saturated heterocycles. The van der Waals surface area contributed by atoms with Crippen molar-refractivity contribution in [3.05, 3.63) is 0 Å². The standard InChI is InChI=1S/C26H50O7/c1-21-23(28)20-24(29)26(33-21)32-18-16-14-12-10-8-6-4-2-3-5-7-9-11-13-15-17-22(27)19-25(30)31/h21-24,26-29H,2-20H2,1H3,(H,30,31). The van der Waals surface area contributed by atoms with Crippen molar-refractivity contribution in [2.75, 3.05) is 6.61 Å². The van der Waals surface area contributed by atoms with Crippen molar-refractivity contribution in [1.82, 2.24) is 0 Å². The molecule has 0 aromatic carbocycles. The zero-order valence-corrected chi connectivity index (χ0v) is 20.8. The summed E-state index contributed by atoms with van der Waals surface area (Å²) in [6.07, 6.45) is 16.1. The average molecular weight is 475 g/mol. The molecule has 0 aliphatic carbocycles. The van der Waals surface area contributed by atoms with Gasteiger partial charge in [0.2, 0.25) is 0 Å². The maximum Gasteiger partial charge on any atom is 0.305 e. The molecule has 0 amide bonds. The highest BCUT2D eigenvalue weighted by Gasteiger charge is 2.34. The van der Waals surface area contributed by atoms with Gasteiger partial charge in [-0.2, -0.15) is 0 Å². The average Bonchev–Trinajstić information content (AvgIpc) is 2.75. The minimum Gasteiger partial charge on any atom is -0.481 e. The molecule has 0 saturated carbocycles. The maximum absolute atomic E-state index is 10.5. The van der Waals surface area contributed by atoms with Crippen LogP contribution < -0.4 is 0 Å². The van der Waals surface area contributed by atoms with Crippen LogP contribution in [0.25, 0.3) is 0 Å². The highest BCUT2D eigenvalue weighted by atomic mass is 16.7. The zero-order valence-electron chi connectivity index (χ0n) is 20.8. The summed E-state index contributed by atoms with van der Waals surface area (Å²) in [6.45, 7) is 2.40. The summed E-state index contributed by atoms with van der Waals surface area (Å²) in [7, 11) is 0. The third-order valence-electron chi connectivity index (χ3n) is 6.56. The molecule has 5 atom stereocenters. The summed E-state index contributed by atoms with van der Waals surface area (Å²) in [5.74, 6) is -0.922. The number of carbonyl (C=O) groups is 1. The summed E-state index contributed by atoms with van der Waals surface area (Å²) in [6, 6.07) is 0. The first-order valence-electron chi connectivity index (χ1n) is 13.4. The summed E-state index contributed by atoms with van der Waals surface area (Å²) < 4.78 is 11.2. The van der Waals surface area contributed by atoms with E-state index in [9.17, 15) is 20.1 Å². The van der Waals surface area contributed by atoms with Gasteiger partial charge < -0.3 is 29.9 Å². The summed E-state index contributed by atoms with van der Waals surface area (Å²) in [5.41, 5.74) is 0. The number of aliphatic carboxylic acids is 1. The normalized spacial score (nSPS) is 24.1. The lowest BCUT2D eigenvalue weighted by molar-refractivity contribution is -0.261. The van der Waals surface area contributed by atoms with Crippen LogP contribution in [-0.4, -0.2) is 63.7 Å². The Morgan fingerprint density at radius 1 is 0.818 bits per heavy atom. The van der Waals surface area contributed by atoms with E-state index in [-0.39, 0.29) is 12.5 Å². The van der Waals surface area contributed by atoms with Crippen LogP contribution in [0.15, 0.2) is 0 Å². The van der Waals surface area contributed by atoms with Gasteiger partial charge in [-0.25, -0.2) is 0 Å². The maximum atomic E-state index is 10.5. The fraction of sp³-hybridized carbons (Fsp3) is 0.962. The first kappa shape index (κ1) is 30.3. The Balaban J connectivity index is 1.75. The molecule has 1 rings (SSSR count). The second-order valence-corrected chi connectivity index (χ2v) is 9.79. The molecule has 1 aliphatic rings. The number of unbranched alkanes of at least 4 members (excludes halogenated alkanes) is 14. The van der Waals surface area contributed by atoms with E-state index in [1.165, 1.54) is 70.6 Å². The molecule has 4 N–H and O–H groups in total. The molecule has 1 fully saturated rings. The zero-order chi connectivity index (χ0) is 24.3. The van der Waals surface area contributed by atoms with Crippen LogP contribution >= 0.6 is 0 Å². The van der Waals surface area contributed by atoms with E-state index in [0.29, 0.717) is 19.4 Å². The molecule has 0 spiro atoms. The minimum atomic E-state index is -0.922. The number of ether oxygens (including phenoxy) is 2. The number of aliphatic hydroxyl groups excluding tert-OH is 3. The second-order valence-electron chi connectivity index (χ2n) is 9.79. The summed E-state index contributed by atoms with van der Waals surface area (Å²) in [5, 5.41) is 37.7. The molecule has 196 valence electrons. The van der Waals surface area contributed by atoms with Crippen LogP contribution in [0.2, 0.25) is 0 Å². The molecule has 0 aromatic heterocycles. The van der Waals surface area contributed by atoms with Crippen LogP contribution in [0.4, 0.5) is 0 Å². The largest absolute Gasteiger partial charge is 0.481 e. The van der Waals surface area contributed by atoms with E-state index in [2.05, 4.69) is 0 Å². The van der Waals surface area contributed by atoms with Crippen molar-refractivity contribution >= 4 is 5.97 Å². The van der Waals surface area contributed by atoms with Crippen LogP contribution in [0, 0.1) is 0 Å². The predicted octanol–water partition coefficient (Wildman–Crippen LogP) is 4.94. The van der Waals surface area contributed by atoms with Gasteiger partial charge in [0, 0.05) is 13.0 Å². The van der Waals surface area contributed by atoms with Crippen molar-refractivity contribution in [1.29, 1.82) is 0 Å². The Bertz CT molecular complexity index is 474. The number of rotatable bonds is 21. The predicted molar refractivity (Wildman–Crippen MR) is 129 cm³/mol. The Hall–Kier alpha value is -0.730. The molecule has 7 nitrogen and oxygen atoms in total. The van der Waals surface area contributed by atoms with Crippen LogP contribution in [0.1, 0.15) is 122 Å². The quantitative estimate of drug-likeness (QED) is 0.174. The van der Waals surface area contributed by atoms with Gasteiger partial charge in [-0.1, -0.05) is 89.9 Å². The van der Waals surface area contributed by atoms with E-state index < -0.39 is 30.6 Å². The van der Waals surface area contributed by atoms with Crippen molar-refractivity contribution < 1.29 is 34.7 Å². The summed E-state index contributed by atoms with van der Waals surface area (Å²) in [4.78, 5) is 10.5. The molecular weight excluding hydrogens is 424 g/mol. The van der Waals surface area contributed by atoms with Gasteiger partial charge in [0.05, 0.1) is 24.7 Å². The van der Waals surface area contributed by atoms with Crippen LogP contribution in [0.5, 0.6) is 0 Å². The SMILES string of the molecule is CC1OC(OCCCCCCCCCCCCCCCCCC(O)CC(=O)O)C(O)CC1O. The van der Waals surface area contributed by atoms with E-state index in [1.54, 1.807) is 6.92 Å². The van der Waals surface area contributed by atoms with Crippen LogP contribution in [0.3, 0.4) is 0 Å². The van der Waals surface area contributed by atoms with E-state index >= 15 is 0 Å². The van der Waals surface area contributed by atoms with Gasteiger partial charge in [0.25, 0.3) is 0 Å². The van der Waals surface area contributed by atoms with Crippen LogP contribution in [-0.2, 0) is 14.3 Å². The molecule has 1 aliphatic heterocycles. The number of aliphatic hydroxyl groups is 3. The molecule has 5 unspecified atom stereocenters. The lowest BCUT2D eigenvalue weighted by Gasteiger charge is -2.35. The van der Waals surface area contributed by atoms with Crippen molar-refractivity contribution in [2.45, 2.75) is 153 Å². The van der Waals surface area contributed by atoms with E-state index in [0.717, 1.165) is 25.7 Å². The van der Waals surface area contributed by atoms with Gasteiger partial charge in [0.15, 0.2) is 6.29 Å². The fourth-order valence-corrected chi connectivity index (χ4v) is 4.38. The molecule has 7 heteroatoms. The monoisotopic (exact) mass is 474 g/mol. The molecule has 0 radical (unpaired) electrons. The molecular formula is C26H50O7. The molecule has 0 aromatic rings. The lowest BCUT2D eigenvalue weighted by atomic mass is 10.0. The topological polar surface area (TPSA) is 116 Å². The highest BCUT2D eigenvalue weighted by Crippen LogP contribution is 2.21. The number of hydrogen-bond donors (Lipinski definition) is 4. The van der Waals surface area contributed by atoms with Crippen molar-refractivity contribution in [3.8, 4) is 0 Å². The van der Waals surface area contributed by atoms with E-state index in [1.807, 2.05) is 0 Å². The minimum absolute atomic E-state index is 0.135. The molecule has 33 heavy (non-hydrogen) atoms. The Morgan fingerprint density at radius 3 is 1.76 bits per heavy atom. The van der Waals surface area contributed by atoms with Crippen molar-refractivity contribution in [3.63, 3.8) is 0 Å². The van der Waals surface area contributed by atoms with Gasteiger partial charge in [-0.05, 0) is 19.8 Å². The lowest BCUT2D eigenvalue weighted by Crippen LogP contribution is -2.47. The summed E-state index contributed by atoms with van der Waals surface area (Å²) >= 11 is 0. The van der Waals surface area contributed by atoms with Gasteiger partial charge in [0.1, 0.15) is 6.10 Å².